The highest BCUT2D eigenvalue weighted by molar-refractivity contribution is 7.92. The molecule has 0 bridgehead atoms. The Balaban J connectivity index is 1.84. The number of nitrogens with zero attached hydrogens (tertiary/aromatic N) is 2. The summed E-state index contributed by atoms with van der Waals surface area (Å²) in [6.45, 7) is 3.22. The SMILES string of the molecule is C/C(=N/NC(=O)CN(c1ccc(C)cc1)S(=O)(=O)c1ccccc1)c1ccc(Cl)cc1. The van der Waals surface area contributed by atoms with Gasteiger partial charge in [-0.25, -0.2) is 13.8 Å². The predicted molar refractivity (Wildman–Crippen MR) is 124 cm³/mol. The highest BCUT2D eigenvalue weighted by Gasteiger charge is 2.27. The average Bonchev–Trinajstić information content (AvgIpc) is 2.77. The number of rotatable bonds is 7. The number of carbonyl (C=O) groups is 1. The molecule has 0 spiro atoms. The highest BCUT2D eigenvalue weighted by Crippen LogP contribution is 2.23. The molecule has 3 rings (SSSR count). The molecule has 31 heavy (non-hydrogen) atoms. The van der Waals surface area contributed by atoms with Crippen molar-refractivity contribution in [2.75, 3.05) is 10.8 Å². The van der Waals surface area contributed by atoms with Crippen LogP contribution in [0.25, 0.3) is 0 Å². The number of sulfonamides is 1. The van der Waals surface area contributed by atoms with E-state index in [9.17, 15) is 13.2 Å². The van der Waals surface area contributed by atoms with Crippen molar-refractivity contribution in [3.8, 4) is 0 Å². The van der Waals surface area contributed by atoms with Crippen molar-refractivity contribution in [1.29, 1.82) is 0 Å². The minimum atomic E-state index is -3.95. The smallest absolute Gasteiger partial charge is 0.264 e. The van der Waals surface area contributed by atoms with E-state index in [1.807, 2.05) is 6.92 Å². The van der Waals surface area contributed by atoms with Crippen molar-refractivity contribution >= 4 is 38.9 Å². The summed E-state index contributed by atoms with van der Waals surface area (Å²) in [4.78, 5) is 12.7. The number of benzene rings is 3. The largest absolute Gasteiger partial charge is 0.271 e. The van der Waals surface area contributed by atoms with Crippen LogP contribution in [-0.2, 0) is 14.8 Å². The Labute approximate surface area is 187 Å². The van der Waals surface area contributed by atoms with Crippen molar-refractivity contribution in [3.63, 3.8) is 0 Å². The normalized spacial score (nSPS) is 11.8. The molecular weight excluding hydrogens is 434 g/mol. The van der Waals surface area contributed by atoms with Crippen molar-refractivity contribution in [2.45, 2.75) is 18.7 Å². The lowest BCUT2D eigenvalue weighted by Crippen LogP contribution is -2.39. The first-order valence-electron chi connectivity index (χ1n) is 9.51. The van der Waals surface area contributed by atoms with E-state index in [1.54, 1.807) is 73.7 Å². The number of hydrogen-bond acceptors (Lipinski definition) is 4. The van der Waals surface area contributed by atoms with Crippen LogP contribution < -0.4 is 9.73 Å². The van der Waals surface area contributed by atoms with Gasteiger partial charge in [-0.15, -0.1) is 0 Å². The summed E-state index contributed by atoms with van der Waals surface area (Å²) in [5, 5.41) is 4.69. The molecule has 160 valence electrons. The number of nitrogens with one attached hydrogen (secondary N) is 1. The van der Waals surface area contributed by atoms with E-state index in [0.717, 1.165) is 15.4 Å². The Bertz CT molecular complexity index is 1180. The maximum absolute atomic E-state index is 13.2. The molecule has 3 aromatic carbocycles. The number of hydrazone groups is 1. The van der Waals surface area contributed by atoms with Crippen molar-refractivity contribution in [1.82, 2.24) is 5.43 Å². The number of aryl methyl sites for hydroxylation is 1. The number of amides is 1. The van der Waals surface area contributed by atoms with E-state index >= 15 is 0 Å². The van der Waals surface area contributed by atoms with E-state index < -0.39 is 22.5 Å². The van der Waals surface area contributed by atoms with Crippen LogP contribution in [0.5, 0.6) is 0 Å². The fraction of sp³-hybridized carbons (Fsp3) is 0.130. The number of halogens is 1. The number of anilines is 1. The maximum atomic E-state index is 13.2. The molecule has 0 atom stereocenters. The zero-order valence-corrected chi connectivity index (χ0v) is 18.7. The molecule has 0 unspecified atom stereocenters. The predicted octanol–water partition coefficient (Wildman–Crippen LogP) is 4.38. The lowest BCUT2D eigenvalue weighted by Gasteiger charge is -2.23. The summed E-state index contributed by atoms with van der Waals surface area (Å²) in [7, 11) is -3.95. The Hall–Kier alpha value is -3.16. The van der Waals surface area contributed by atoms with Crippen molar-refractivity contribution in [3.05, 3.63) is 95.0 Å². The van der Waals surface area contributed by atoms with Gasteiger partial charge in [0.1, 0.15) is 6.54 Å². The van der Waals surface area contributed by atoms with Crippen LogP contribution in [0, 0.1) is 6.92 Å². The lowest BCUT2D eigenvalue weighted by molar-refractivity contribution is -0.119. The minimum Gasteiger partial charge on any atom is -0.271 e. The van der Waals surface area contributed by atoms with Gasteiger partial charge in [0.05, 0.1) is 16.3 Å². The van der Waals surface area contributed by atoms with Gasteiger partial charge in [0.15, 0.2) is 0 Å². The third-order valence-electron chi connectivity index (χ3n) is 4.55. The Morgan fingerprint density at radius 1 is 0.968 bits per heavy atom. The van der Waals surface area contributed by atoms with Crippen LogP contribution in [0.4, 0.5) is 5.69 Å². The maximum Gasteiger partial charge on any atom is 0.264 e. The summed E-state index contributed by atoms with van der Waals surface area (Å²) in [5.41, 5.74) is 5.17. The molecule has 0 saturated heterocycles. The van der Waals surface area contributed by atoms with Crippen LogP contribution in [0.1, 0.15) is 18.1 Å². The molecule has 0 aliphatic carbocycles. The molecule has 6 nitrogen and oxygen atoms in total. The van der Waals surface area contributed by atoms with E-state index in [0.29, 0.717) is 16.4 Å². The monoisotopic (exact) mass is 455 g/mol. The molecule has 1 amide bonds. The van der Waals surface area contributed by atoms with Gasteiger partial charge in [-0.1, -0.05) is 59.6 Å². The molecule has 0 saturated carbocycles. The second-order valence-corrected chi connectivity index (χ2v) is 9.20. The summed E-state index contributed by atoms with van der Waals surface area (Å²) in [5.74, 6) is -0.562. The van der Waals surface area contributed by atoms with Gasteiger partial charge in [0, 0.05) is 5.02 Å². The van der Waals surface area contributed by atoms with E-state index in [1.165, 1.54) is 12.1 Å². The standard InChI is InChI=1S/C23H22ClN3O3S/c1-17-8-14-21(15-9-17)27(31(29,30)22-6-4-3-5-7-22)16-23(28)26-25-18(2)19-10-12-20(24)13-11-19/h3-15H,16H2,1-2H3,(H,26,28)/b25-18-. The summed E-state index contributed by atoms with van der Waals surface area (Å²) < 4.78 is 27.6. The molecule has 0 aliphatic heterocycles. The van der Waals surface area contributed by atoms with Crippen LogP contribution >= 0.6 is 11.6 Å². The number of hydrogen-bond donors (Lipinski definition) is 1. The molecule has 0 heterocycles. The van der Waals surface area contributed by atoms with Crippen molar-refractivity contribution in [2.24, 2.45) is 5.10 Å². The molecule has 0 radical (unpaired) electrons. The van der Waals surface area contributed by atoms with E-state index in [-0.39, 0.29) is 4.90 Å². The highest BCUT2D eigenvalue weighted by atomic mass is 35.5. The summed E-state index contributed by atoms with van der Waals surface area (Å²) in [6, 6.07) is 22.0. The van der Waals surface area contributed by atoms with Crippen LogP contribution in [0.2, 0.25) is 5.02 Å². The Morgan fingerprint density at radius 3 is 2.19 bits per heavy atom. The summed E-state index contributed by atoms with van der Waals surface area (Å²) in [6.07, 6.45) is 0. The third-order valence-corrected chi connectivity index (χ3v) is 6.59. The van der Waals surface area contributed by atoms with Gasteiger partial charge in [0.25, 0.3) is 15.9 Å². The molecule has 3 aromatic rings. The second kappa shape index (κ2) is 9.76. The van der Waals surface area contributed by atoms with Gasteiger partial charge >= 0.3 is 0 Å². The van der Waals surface area contributed by atoms with Gasteiger partial charge in [-0.3, -0.25) is 9.10 Å². The first-order chi connectivity index (χ1) is 14.8. The molecule has 1 N–H and O–H groups in total. The van der Waals surface area contributed by atoms with Crippen LogP contribution in [0.3, 0.4) is 0 Å². The van der Waals surface area contributed by atoms with E-state index in [2.05, 4.69) is 10.5 Å². The van der Waals surface area contributed by atoms with Crippen molar-refractivity contribution < 1.29 is 13.2 Å². The second-order valence-electron chi connectivity index (χ2n) is 6.90. The fourth-order valence-electron chi connectivity index (χ4n) is 2.81. The lowest BCUT2D eigenvalue weighted by atomic mass is 10.1. The number of carbonyl (C=O) groups excluding carboxylic acids is 1. The Morgan fingerprint density at radius 2 is 1.58 bits per heavy atom. The molecule has 8 heteroatoms. The zero-order valence-electron chi connectivity index (χ0n) is 17.1. The van der Waals surface area contributed by atoms with Gasteiger partial charge in [-0.2, -0.15) is 5.10 Å². The molecular formula is C23H22ClN3O3S. The van der Waals surface area contributed by atoms with Gasteiger partial charge in [0.2, 0.25) is 0 Å². The van der Waals surface area contributed by atoms with Crippen LogP contribution in [0.15, 0.2) is 88.9 Å². The average molecular weight is 456 g/mol. The first kappa shape index (κ1) is 22.5. The molecule has 0 aliphatic rings. The molecule has 0 aromatic heterocycles. The fourth-order valence-corrected chi connectivity index (χ4v) is 4.38. The van der Waals surface area contributed by atoms with Gasteiger partial charge < -0.3 is 0 Å². The minimum absolute atomic E-state index is 0.101. The quantitative estimate of drug-likeness (QED) is 0.424. The van der Waals surface area contributed by atoms with E-state index in [4.69, 9.17) is 11.6 Å². The third kappa shape index (κ3) is 5.71. The first-order valence-corrected chi connectivity index (χ1v) is 11.3. The summed E-state index contributed by atoms with van der Waals surface area (Å²) >= 11 is 5.89. The van der Waals surface area contributed by atoms with Gasteiger partial charge in [-0.05, 0) is 55.8 Å². The zero-order chi connectivity index (χ0) is 22.4. The molecule has 0 fully saturated rings. The Kier molecular flexibility index (Phi) is 7.09. The topological polar surface area (TPSA) is 78.8 Å². The van der Waals surface area contributed by atoms with Crippen LogP contribution in [-0.4, -0.2) is 26.6 Å².